The number of carbonyl (C=O) groups excluding carboxylic acids is 1. The fourth-order valence-corrected chi connectivity index (χ4v) is 12.2. The van der Waals surface area contributed by atoms with Gasteiger partial charge in [0.15, 0.2) is 0 Å². The van der Waals surface area contributed by atoms with Crippen LogP contribution in [0, 0.1) is 57.7 Å². The van der Waals surface area contributed by atoms with Gasteiger partial charge in [-0.05, 0) is 98.2 Å². The highest BCUT2D eigenvalue weighted by atomic mass is 16.5. The van der Waals surface area contributed by atoms with Gasteiger partial charge >= 0.3 is 0 Å². The van der Waals surface area contributed by atoms with Crippen LogP contribution in [0.3, 0.4) is 0 Å². The van der Waals surface area contributed by atoms with Gasteiger partial charge < -0.3 is 26.8 Å². The van der Waals surface area contributed by atoms with Crippen molar-refractivity contribution in [2.24, 2.45) is 50.7 Å². The molecule has 5 nitrogen and oxygen atoms in total. The number of nitrogens with zero attached hydrogens (tertiary/aromatic N) is 1. The summed E-state index contributed by atoms with van der Waals surface area (Å²) in [6, 6.07) is 0.140. The third-order valence-corrected chi connectivity index (χ3v) is 13.9. The lowest BCUT2D eigenvalue weighted by molar-refractivity contribution is -0.171. The number of hydrogen-bond acceptors (Lipinski definition) is 4. The minimum Gasteiger partial charge on any atom is -0.393 e. The van der Waals surface area contributed by atoms with Crippen LogP contribution in [0.25, 0.3) is 0 Å². The standard InChI is InChI=1S/C32H52NO4/c1-18(2)33(20(4)34)16-21-15-19(3)25-26(37-21)27(36)30(8)23-10-9-22-28(5,6)24(35)11-12-31(22)17-32(23,31)14-13-29(25,30)7/h18-19,21-27,35-36H,8-17H2,1-7H3/q-1. The molecule has 0 aromatic carbocycles. The van der Waals surface area contributed by atoms with E-state index in [4.69, 9.17) is 11.7 Å². The summed E-state index contributed by atoms with van der Waals surface area (Å²) in [5.74, 6) is 1.81. The molecule has 12 atom stereocenters. The van der Waals surface area contributed by atoms with Gasteiger partial charge in [-0.25, -0.2) is 0 Å². The van der Waals surface area contributed by atoms with Crippen molar-refractivity contribution in [2.45, 2.75) is 130 Å². The lowest BCUT2D eigenvalue weighted by Gasteiger charge is -2.67. The van der Waals surface area contributed by atoms with E-state index in [0.29, 0.717) is 35.6 Å². The van der Waals surface area contributed by atoms with Crippen molar-refractivity contribution in [1.82, 2.24) is 4.90 Å². The molecule has 1 aliphatic heterocycles. The third kappa shape index (κ3) is 3.06. The average molecular weight is 515 g/mol. The normalized spacial score (nSPS) is 55.4. The SMILES string of the molecule is [CH2-]C12C(O)C3OC(CN(C(C)=O)C(C)C)CC(C)C3C1(C)CCC13CC14CCC(O)C(C)(C)C4CCC32. The Morgan fingerprint density at radius 1 is 1.05 bits per heavy atom. The van der Waals surface area contributed by atoms with E-state index in [1.54, 1.807) is 6.92 Å². The van der Waals surface area contributed by atoms with E-state index in [1.807, 2.05) is 4.90 Å². The van der Waals surface area contributed by atoms with Crippen LogP contribution in [-0.4, -0.2) is 58.0 Å². The number of carbonyl (C=O) groups is 1. The Labute approximate surface area is 225 Å². The Balaban J connectivity index is 1.32. The summed E-state index contributed by atoms with van der Waals surface area (Å²) in [7, 11) is 0. The Bertz CT molecular complexity index is 964. The lowest BCUT2D eigenvalue weighted by Crippen LogP contribution is -2.60. The maximum absolute atomic E-state index is 12.3. The van der Waals surface area contributed by atoms with Crippen molar-refractivity contribution < 1.29 is 19.7 Å². The molecule has 5 heteroatoms. The molecule has 210 valence electrons. The molecule has 12 unspecified atom stereocenters. The Hall–Kier alpha value is -0.650. The van der Waals surface area contributed by atoms with E-state index >= 15 is 0 Å². The predicted octanol–water partition coefficient (Wildman–Crippen LogP) is 5.23. The summed E-state index contributed by atoms with van der Waals surface area (Å²) in [5, 5.41) is 23.2. The van der Waals surface area contributed by atoms with Gasteiger partial charge in [0.25, 0.3) is 0 Å². The third-order valence-electron chi connectivity index (χ3n) is 13.9. The van der Waals surface area contributed by atoms with E-state index < -0.39 is 11.5 Å². The second-order valence-corrected chi connectivity index (χ2v) is 15.7. The van der Waals surface area contributed by atoms with E-state index in [1.165, 1.54) is 12.8 Å². The Morgan fingerprint density at radius 3 is 2.35 bits per heavy atom. The quantitative estimate of drug-likeness (QED) is 0.506. The monoisotopic (exact) mass is 514 g/mol. The lowest BCUT2D eigenvalue weighted by atomic mass is 9.41. The minimum atomic E-state index is -0.573. The first-order valence-corrected chi connectivity index (χ1v) is 15.3. The van der Waals surface area contributed by atoms with Gasteiger partial charge in [-0.15, -0.1) is 5.41 Å². The number of ether oxygens (including phenoxy) is 1. The van der Waals surface area contributed by atoms with Crippen molar-refractivity contribution in [3.8, 4) is 0 Å². The van der Waals surface area contributed by atoms with Crippen LogP contribution < -0.4 is 0 Å². The summed E-state index contributed by atoms with van der Waals surface area (Å²) < 4.78 is 6.81. The Morgan fingerprint density at radius 2 is 1.70 bits per heavy atom. The summed E-state index contributed by atoms with van der Waals surface area (Å²) in [4.78, 5) is 14.2. The van der Waals surface area contributed by atoms with Gasteiger partial charge in [0.1, 0.15) is 0 Å². The average Bonchev–Trinajstić information content (AvgIpc) is 3.45. The number of amides is 1. The van der Waals surface area contributed by atoms with Gasteiger partial charge in [0.05, 0.1) is 24.4 Å². The maximum atomic E-state index is 12.3. The molecule has 0 aromatic rings. The first-order valence-electron chi connectivity index (χ1n) is 15.3. The highest BCUT2D eigenvalue weighted by Gasteiger charge is 2.82. The van der Waals surface area contributed by atoms with Crippen LogP contribution in [-0.2, 0) is 9.53 Å². The van der Waals surface area contributed by atoms with Crippen molar-refractivity contribution in [3.63, 3.8) is 0 Å². The zero-order chi connectivity index (χ0) is 26.9. The van der Waals surface area contributed by atoms with E-state index in [0.717, 1.165) is 38.5 Å². The summed E-state index contributed by atoms with van der Waals surface area (Å²) >= 11 is 0. The maximum Gasteiger partial charge on any atom is 0.219 e. The van der Waals surface area contributed by atoms with Gasteiger partial charge in [-0.2, -0.15) is 0 Å². The van der Waals surface area contributed by atoms with Crippen LogP contribution >= 0.6 is 0 Å². The van der Waals surface area contributed by atoms with Crippen LogP contribution in [0.5, 0.6) is 0 Å². The molecule has 0 aromatic heterocycles. The molecular formula is C32H52NO4-. The molecular weight excluding hydrogens is 462 g/mol. The number of aliphatic hydroxyl groups is 2. The fraction of sp³-hybridized carbons (Fsp3) is 0.938. The summed E-state index contributed by atoms with van der Waals surface area (Å²) in [6.07, 6.45) is 7.85. The molecule has 5 aliphatic carbocycles. The molecule has 6 aliphatic rings. The van der Waals surface area contributed by atoms with Crippen molar-refractivity contribution >= 4 is 5.91 Å². The molecule has 0 bridgehead atoms. The van der Waals surface area contributed by atoms with Crippen molar-refractivity contribution in [1.29, 1.82) is 0 Å². The molecule has 1 saturated heterocycles. The molecule has 6 fully saturated rings. The van der Waals surface area contributed by atoms with Crippen LogP contribution in [0.1, 0.15) is 99.8 Å². The molecule has 37 heavy (non-hydrogen) atoms. The van der Waals surface area contributed by atoms with E-state index in [-0.39, 0.29) is 46.5 Å². The van der Waals surface area contributed by atoms with Gasteiger partial charge in [-0.3, -0.25) is 4.79 Å². The molecule has 2 spiro atoms. The summed E-state index contributed by atoms with van der Waals surface area (Å²) in [5.41, 5.74) is 0.113. The molecule has 2 N–H and O–H groups in total. The Kier molecular flexibility index (Phi) is 5.72. The predicted molar refractivity (Wildman–Crippen MR) is 144 cm³/mol. The first kappa shape index (κ1) is 26.6. The number of fused-ring (bicyclic) bond motifs is 4. The number of aliphatic hydroxyl groups excluding tert-OH is 2. The molecule has 6 rings (SSSR count). The fourth-order valence-electron chi connectivity index (χ4n) is 12.2. The topological polar surface area (TPSA) is 70.0 Å². The zero-order valence-electron chi connectivity index (χ0n) is 24.4. The second kappa shape index (κ2) is 7.97. The first-order chi connectivity index (χ1) is 17.2. The number of rotatable bonds is 3. The van der Waals surface area contributed by atoms with E-state index in [2.05, 4.69) is 41.5 Å². The number of hydrogen-bond donors (Lipinski definition) is 2. The van der Waals surface area contributed by atoms with Gasteiger partial charge in [0, 0.05) is 19.5 Å². The zero-order valence-corrected chi connectivity index (χ0v) is 24.4. The minimum absolute atomic E-state index is 0.0338. The van der Waals surface area contributed by atoms with Gasteiger partial charge in [-0.1, -0.05) is 40.0 Å². The second-order valence-electron chi connectivity index (χ2n) is 15.7. The highest BCUT2D eigenvalue weighted by Crippen LogP contribution is 2.89. The molecule has 1 heterocycles. The summed E-state index contributed by atoms with van der Waals surface area (Å²) in [6.45, 7) is 20.8. The van der Waals surface area contributed by atoms with Crippen LogP contribution in [0.15, 0.2) is 0 Å². The van der Waals surface area contributed by atoms with Crippen LogP contribution in [0.2, 0.25) is 0 Å². The van der Waals surface area contributed by atoms with Crippen molar-refractivity contribution in [2.75, 3.05) is 6.54 Å². The van der Waals surface area contributed by atoms with E-state index in [9.17, 15) is 15.0 Å². The molecule has 1 amide bonds. The molecule has 0 radical (unpaired) electrons. The van der Waals surface area contributed by atoms with Crippen molar-refractivity contribution in [3.05, 3.63) is 6.92 Å². The largest absolute Gasteiger partial charge is 0.393 e. The highest BCUT2D eigenvalue weighted by molar-refractivity contribution is 5.73. The molecule has 5 saturated carbocycles. The van der Waals surface area contributed by atoms with Gasteiger partial charge in [0.2, 0.25) is 5.91 Å². The van der Waals surface area contributed by atoms with Crippen LogP contribution in [0.4, 0.5) is 0 Å². The smallest absolute Gasteiger partial charge is 0.219 e.